The number of carbonyl (C=O) groups excluding carboxylic acids is 1. The van der Waals surface area contributed by atoms with Crippen LogP contribution in [0.2, 0.25) is 10.0 Å². The van der Waals surface area contributed by atoms with Crippen LogP contribution in [0.1, 0.15) is 38.9 Å². The Balaban J connectivity index is 1.72. The number of benzene rings is 3. The third kappa shape index (κ3) is 4.11. The van der Waals surface area contributed by atoms with E-state index in [4.69, 9.17) is 32.4 Å². The van der Waals surface area contributed by atoms with Crippen molar-refractivity contribution >= 4 is 40.1 Å². The van der Waals surface area contributed by atoms with Crippen LogP contribution in [-0.2, 0) is 6.54 Å². The minimum Gasteiger partial charge on any atom is -0.490 e. The molecule has 1 aliphatic rings. The molecule has 1 aliphatic heterocycles. The molecule has 0 fully saturated rings. The SMILES string of the molecule is C=CCOc1cccc(C2c3c(oc4cc(C)c(Cl)cc4c3=O)C(=O)N2Cc2ccccc2Cl)c1. The third-order valence-corrected chi connectivity index (χ3v) is 6.86. The van der Waals surface area contributed by atoms with Crippen LogP contribution in [0.15, 0.2) is 82.5 Å². The minimum absolute atomic E-state index is 0.0266. The van der Waals surface area contributed by atoms with Gasteiger partial charge in [-0.15, -0.1) is 0 Å². The number of fused-ring (bicyclic) bond motifs is 2. The fourth-order valence-corrected chi connectivity index (χ4v) is 4.75. The normalized spacial score (nSPS) is 14.9. The molecule has 3 aromatic carbocycles. The molecule has 0 aliphatic carbocycles. The zero-order chi connectivity index (χ0) is 24.7. The Hall–Kier alpha value is -3.54. The first-order valence-corrected chi connectivity index (χ1v) is 11.8. The molecule has 35 heavy (non-hydrogen) atoms. The smallest absolute Gasteiger partial charge is 0.291 e. The second kappa shape index (κ2) is 9.25. The zero-order valence-electron chi connectivity index (χ0n) is 18.9. The summed E-state index contributed by atoms with van der Waals surface area (Å²) in [5, 5.41) is 1.32. The van der Waals surface area contributed by atoms with Crippen molar-refractivity contribution in [2.45, 2.75) is 19.5 Å². The molecule has 176 valence electrons. The first kappa shape index (κ1) is 23.2. The Morgan fingerprint density at radius 2 is 1.86 bits per heavy atom. The van der Waals surface area contributed by atoms with E-state index in [1.54, 1.807) is 29.2 Å². The number of hydrogen-bond acceptors (Lipinski definition) is 4. The molecule has 1 unspecified atom stereocenters. The number of aryl methyl sites for hydroxylation is 1. The molecule has 5 rings (SSSR count). The minimum atomic E-state index is -0.693. The van der Waals surface area contributed by atoms with Gasteiger partial charge < -0.3 is 14.1 Å². The van der Waals surface area contributed by atoms with Gasteiger partial charge in [0.1, 0.15) is 17.9 Å². The van der Waals surface area contributed by atoms with Crippen molar-refractivity contribution in [1.82, 2.24) is 4.90 Å². The predicted molar refractivity (Wildman–Crippen MR) is 138 cm³/mol. The Bertz CT molecular complexity index is 1540. The van der Waals surface area contributed by atoms with Gasteiger partial charge in [-0.25, -0.2) is 0 Å². The van der Waals surface area contributed by atoms with Crippen LogP contribution in [0.3, 0.4) is 0 Å². The van der Waals surface area contributed by atoms with Gasteiger partial charge in [0.2, 0.25) is 5.76 Å². The van der Waals surface area contributed by atoms with Crippen molar-refractivity contribution in [3.8, 4) is 5.75 Å². The lowest BCUT2D eigenvalue weighted by atomic mass is 9.97. The van der Waals surface area contributed by atoms with Gasteiger partial charge in [-0.3, -0.25) is 9.59 Å². The van der Waals surface area contributed by atoms with Crippen LogP contribution in [0.5, 0.6) is 5.75 Å². The molecule has 1 amide bonds. The number of nitrogens with zero attached hydrogens (tertiary/aromatic N) is 1. The zero-order valence-corrected chi connectivity index (χ0v) is 20.4. The summed E-state index contributed by atoms with van der Waals surface area (Å²) in [6.07, 6.45) is 1.65. The van der Waals surface area contributed by atoms with Crippen molar-refractivity contribution in [2.24, 2.45) is 0 Å². The highest BCUT2D eigenvalue weighted by molar-refractivity contribution is 6.32. The molecule has 0 radical (unpaired) electrons. The van der Waals surface area contributed by atoms with Gasteiger partial charge in [0.25, 0.3) is 5.91 Å². The van der Waals surface area contributed by atoms with E-state index in [0.717, 1.165) is 16.7 Å². The summed E-state index contributed by atoms with van der Waals surface area (Å²) in [5.41, 5.74) is 2.54. The molecule has 1 aromatic heterocycles. The van der Waals surface area contributed by atoms with E-state index in [-0.39, 0.29) is 29.2 Å². The Kier molecular flexibility index (Phi) is 6.13. The van der Waals surface area contributed by atoms with Gasteiger partial charge in [-0.05, 0) is 53.9 Å². The molecule has 0 N–H and O–H groups in total. The van der Waals surface area contributed by atoms with E-state index in [9.17, 15) is 9.59 Å². The summed E-state index contributed by atoms with van der Waals surface area (Å²) in [6, 6.07) is 17.2. The molecular weight excluding hydrogens is 485 g/mol. The number of rotatable bonds is 6. The molecule has 0 saturated heterocycles. The fourth-order valence-electron chi connectivity index (χ4n) is 4.39. The highest BCUT2D eigenvalue weighted by Gasteiger charge is 2.43. The molecular formula is C28H21Cl2NO4. The molecule has 2 heterocycles. The van der Waals surface area contributed by atoms with Crippen LogP contribution < -0.4 is 10.2 Å². The lowest BCUT2D eigenvalue weighted by Gasteiger charge is -2.26. The number of hydrogen-bond donors (Lipinski definition) is 0. The van der Waals surface area contributed by atoms with Gasteiger partial charge >= 0.3 is 0 Å². The lowest BCUT2D eigenvalue weighted by Crippen LogP contribution is -2.29. The monoisotopic (exact) mass is 505 g/mol. The van der Waals surface area contributed by atoms with E-state index in [0.29, 0.717) is 33.4 Å². The second-order valence-electron chi connectivity index (χ2n) is 8.37. The van der Waals surface area contributed by atoms with Gasteiger partial charge in [0.15, 0.2) is 5.43 Å². The van der Waals surface area contributed by atoms with E-state index in [1.165, 1.54) is 0 Å². The number of ether oxygens (including phenoxy) is 1. The fraction of sp³-hybridized carbons (Fsp3) is 0.143. The van der Waals surface area contributed by atoms with Crippen LogP contribution >= 0.6 is 23.2 Å². The number of halogens is 2. The summed E-state index contributed by atoms with van der Waals surface area (Å²) in [4.78, 5) is 29.1. The Labute approximate surface area is 212 Å². The number of amides is 1. The highest BCUT2D eigenvalue weighted by Crippen LogP contribution is 2.41. The van der Waals surface area contributed by atoms with Gasteiger partial charge in [-0.1, -0.05) is 66.2 Å². The van der Waals surface area contributed by atoms with Crippen molar-refractivity contribution in [3.63, 3.8) is 0 Å². The van der Waals surface area contributed by atoms with Crippen LogP contribution in [0.25, 0.3) is 11.0 Å². The molecule has 1 atom stereocenters. The van der Waals surface area contributed by atoms with E-state index < -0.39 is 6.04 Å². The van der Waals surface area contributed by atoms with Crippen LogP contribution in [0.4, 0.5) is 0 Å². The Morgan fingerprint density at radius 1 is 1.06 bits per heavy atom. The maximum Gasteiger partial charge on any atom is 0.291 e. The van der Waals surface area contributed by atoms with Gasteiger partial charge in [0, 0.05) is 16.6 Å². The van der Waals surface area contributed by atoms with Crippen molar-refractivity contribution in [3.05, 3.63) is 122 Å². The molecule has 0 saturated carbocycles. The second-order valence-corrected chi connectivity index (χ2v) is 9.19. The summed E-state index contributed by atoms with van der Waals surface area (Å²) in [6.45, 7) is 6.02. The standard InChI is InChI=1S/C28H21Cl2NO4/c1-3-11-34-19-9-6-8-17(13-19)25-24-26(32)20-14-22(30)16(2)12-23(20)35-27(24)28(33)31(25)15-18-7-4-5-10-21(18)29/h3-10,12-14,25H,1,11,15H2,2H3. The van der Waals surface area contributed by atoms with E-state index in [1.807, 2.05) is 49.4 Å². The predicted octanol–water partition coefficient (Wildman–Crippen LogP) is 6.72. The highest BCUT2D eigenvalue weighted by atomic mass is 35.5. The summed E-state index contributed by atoms with van der Waals surface area (Å²) in [5.74, 6) is 0.248. The lowest BCUT2D eigenvalue weighted by molar-refractivity contribution is 0.0714. The average Bonchev–Trinajstić information content (AvgIpc) is 3.12. The largest absolute Gasteiger partial charge is 0.490 e. The molecule has 5 nitrogen and oxygen atoms in total. The third-order valence-electron chi connectivity index (χ3n) is 6.09. The molecule has 0 bridgehead atoms. The van der Waals surface area contributed by atoms with Gasteiger partial charge in [0.05, 0.1) is 17.0 Å². The summed E-state index contributed by atoms with van der Waals surface area (Å²) < 4.78 is 11.8. The van der Waals surface area contributed by atoms with Crippen LogP contribution in [-0.4, -0.2) is 17.4 Å². The van der Waals surface area contributed by atoms with Crippen molar-refractivity contribution < 1.29 is 13.9 Å². The van der Waals surface area contributed by atoms with Gasteiger partial charge in [-0.2, -0.15) is 0 Å². The average molecular weight is 506 g/mol. The topological polar surface area (TPSA) is 59.8 Å². The summed E-state index contributed by atoms with van der Waals surface area (Å²) >= 11 is 12.7. The Morgan fingerprint density at radius 3 is 2.63 bits per heavy atom. The maximum atomic E-state index is 13.8. The first-order chi connectivity index (χ1) is 16.9. The molecule has 0 spiro atoms. The maximum absolute atomic E-state index is 13.8. The van der Waals surface area contributed by atoms with E-state index >= 15 is 0 Å². The van der Waals surface area contributed by atoms with E-state index in [2.05, 4.69) is 6.58 Å². The van der Waals surface area contributed by atoms with Crippen molar-refractivity contribution in [1.29, 1.82) is 0 Å². The number of carbonyl (C=O) groups is 1. The quantitative estimate of drug-likeness (QED) is 0.273. The van der Waals surface area contributed by atoms with Crippen molar-refractivity contribution in [2.75, 3.05) is 6.61 Å². The first-order valence-electron chi connectivity index (χ1n) is 11.0. The van der Waals surface area contributed by atoms with Crippen LogP contribution in [0, 0.1) is 6.92 Å². The molecule has 7 heteroatoms. The summed E-state index contributed by atoms with van der Waals surface area (Å²) in [7, 11) is 0. The molecule has 4 aromatic rings.